The number of aliphatic hydroxyl groups is 1. The van der Waals surface area contributed by atoms with Gasteiger partial charge in [-0.3, -0.25) is 4.72 Å². The van der Waals surface area contributed by atoms with Crippen molar-refractivity contribution in [3.63, 3.8) is 0 Å². The van der Waals surface area contributed by atoms with Crippen molar-refractivity contribution in [2.24, 2.45) is 0 Å². The van der Waals surface area contributed by atoms with Crippen LogP contribution in [-0.2, 0) is 16.6 Å². The topological polar surface area (TPSA) is 75.6 Å². The SMILES string of the molecule is COc1cc(Cl)c(C)cc1NS(=O)(=O)c1ccc(CO)s1. The van der Waals surface area contributed by atoms with Gasteiger partial charge in [0, 0.05) is 16.0 Å². The Labute approximate surface area is 132 Å². The summed E-state index contributed by atoms with van der Waals surface area (Å²) in [6, 6.07) is 6.19. The average molecular weight is 348 g/mol. The summed E-state index contributed by atoms with van der Waals surface area (Å²) < 4.78 is 32.4. The number of aryl methyl sites for hydroxylation is 1. The van der Waals surface area contributed by atoms with Crippen molar-refractivity contribution >= 4 is 38.6 Å². The fourth-order valence-electron chi connectivity index (χ4n) is 1.69. The zero-order chi connectivity index (χ0) is 15.6. The lowest BCUT2D eigenvalue weighted by atomic mass is 10.2. The van der Waals surface area contributed by atoms with Crippen LogP contribution in [0, 0.1) is 6.92 Å². The number of thiophene rings is 1. The van der Waals surface area contributed by atoms with E-state index < -0.39 is 10.0 Å². The lowest BCUT2D eigenvalue weighted by Gasteiger charge is -2.12. The summed E-state index contributed by atoms with van der Waals surface area (Å²) in [5, 5.41) is 9.51. The Morgan fingerprint density at radius 1 is 1.38 bits per heavy atom. The lowest BCUT2D eigenvalue weighted by molar-refractivity contribution is 0.285. The van der Waals surface area contributed by atoms with Crippen LogP contribution >= 0.6 is 22.9 Å². The summed E-state index contributed by atoms with van der Waals surface area (Å²) in [5.74, 6) is 0.341. The van der Waals surface area contributed by atoms with Crippen molar-refractivity contribution in [2.75, 3.05) is 11.8 Å². The van der Waals surface area contributed by atoms with Crippen molar-refractivity contribution in [3.05, 3.63) is 39.7 Å². The second kappa shape index (κ2) is 6.23. The van der Waals surface area contributed by atoms with E-state index >= 15 is 0 Å². The molecule has 1 aromatic carbocycles. The molecule has 0 aliphatic carbocycles. The number of ether oxygens (including phenoxy) is 1. The minimum absolute atomic E-state index is 0.126. The maximum Gasteiger partial charge on any atom is 0.271 e. The van der Waals surface area contributed by atoms with Gasteiger partial charge in [-0.2, -0.15) is 0 Å². The maximum atomic E-state index is 12.3. The predicted molar refractivity (Wildman–Crippen MR) is 83.8 cm³/mol. The predicted octanol–water partition coefficient (Wildman–Crippen LogP) is 3.01. The summed E-state index contributed by atoms with van der Waals surface area (Å²) in [6.45, 7) is 1.58. The molecular weight excluding hydrogens is 334 g/mol. The molecule has 114 valence electrons. The van der Waals surface area contributed by atoms with Gasteiger partial charge in [-0.25, -0.2) is 8.42 Å². The second-order valence-corrected chi connectivity index (χ2v) is 7.77. The molecule has 0 atom stereocenters. The molecule has 0 radical (unpaired) electrons. The van der Waals surface area contributed by atoms with Gasteiger partial charge in [-0.1, -0.05) is 11.6 Å². The quantitative estimate of drug-likeness (QED) is 0.871. The molecule has 0 aliphatic rings. The van der Waals surface area contributed by atoms with E-state index in [0.717, 1.165) is 16.9 Å². The molecule has 0 saturated heterocycles. The highest BCUT2D eigenvalue weighted by molar-refractivity contribution is 7.94. The van der Waals surface area contributed by atoms with Crippen LogP contribution in [0.5, 0.6) is 5.75 Å². The van der Waals surface area contributed by atoms with E-state index in [1.807, 2.05) is 0 Å². The van der Waals surface area contributed by atoms with Crippen LogP contribution in [0.4, 0.5) is 5.69 Å². The highest BCUT2D eigenvalue weighted by atomic mass is 35.5. The zero-order valence-corrected chi connectivity index (χ0v) is 13.8. The Hall–Kier alpha value is -1.28. The van der Waals surface area contributed by atoms with E-state index in [2.05, 4.69) is 4.72 Å². The summed E-state index contributed by atoms with van der Waals surface area (Å²) >= 11 is 7.00. The van der Waals surface area contributed by atoms with Crippen LogP contribution in [0.2, 0.25) is 5.02 Å². The Bertz CT molecular complexity index is 756. The Morgan fingerprint density at radius 2 is 2.10 bits per heavy atom. The molecule has 21 heavy (non-hydrogen) atoms. The highest BCUT2D eigenvalue weighted by Crippen LogP contribution is 2.33. The van der Waals surface area contributed by atoms with Crippen molar-refractivity contribution in [1.29, 1.82) is 0 Å². The van der Waals surface area contributed by atoms with Crippen LogP contribution in [0.3, 0.4) is 0 Å². The van der Waals surface area contributed by atoms with E-state index in [-0.39, 0.29) is 10.8 Å². The van der Waals surface area contributed by atoms with Gasteiger partial charge in [0.15, 0.2) is 0 Å². The Balaban J connectivity index is 2.38. The van der Waals surface area contributed by atoms with Crippen LogP contribution in [0.15, 0.2) is 28.5 Å². The molecule has 0 saturated carbocycles. The third-order valence-corrected chi connectivity index (χ3v) is 6.12. The van der Waals surface area contributed by atoms with Crippen LogP contribution in [-0.4, -0.2) is 20.6 Å². The number of anilines is 1. The van der Waals surface area contributed by atoms with Gasteiger partial charge >= 0.3 is 0 Å². The van der Waals surface area contributed by atoms with Crippen LogP contribution in [0.1, 0.15) is 10.4 Å². The number of aliphatic hydroxyl groups excluding tert-OH is 1. The Kier molecular flexibility index (Phi) is 4.77. The molecule has 2 rings (SSSR count). The number of hydrogen-bond donors (Lipinski definition) is 2. The van der Waals surface area contributed by atoms with E-state index in [4.69, 9.17) is 21.4 Å². The molecule has 0 amide bonds. The zero-order valence-electron chi connectivity index (χ0n) is 11.4. The number of hydrogen-bond acceptors (Lipinski definition) is 5. The minimum atomic E-state index is -3.73. The lowest BCUT2D eigenvalue weighted by Crippen LogP contribution is -2.12. The maximum absolute atomic E-state index is 12.3. The normalized spacial score (nSPS) is 11.4. The fourth-order valence-corrected chi connectivity index (χ4v) is 4.13. The molecule has 0 fully saturated rings. The van der Waals surface area contributed by atoms with Crippen molar-refractivity contribution in [3.8, 4) is 5.75 Å². The van der Waals surface area contributed by atoms with Gasteiger partial charge in [-0.05, 0) is 30.7 Å². The Morgan fingerprint density at radius 3 is 2.67 bits per heavy atom. The average Bonchev–Trinajstić information content (AvgIpc) is 2.92. The summed E-state index contributed by atoms with van der Waals surface area (Å²) in [4.78, 5) is 0.578. The molecule has 0 bridgehead atoms. The molecular formula is C13H14ClNO4S2. The van der Waals surface area contributed by atoms with E-state index in [1.165, 1.54) is 13.2 Å². The first kappa shape index (κ1) is 16.1. The van der Waals surface area contributed by atoms with E-state index in [1.54, 1.807) is 25.1 Å². The number of benzene rings is 1. The number of sulfonamides is 1. The molecule has 2 aromatic rings. The van der Waals surface area contributed by atoms with Crippen LogP contribution < -0.4 is 9.46 Å². The number of methoxy groups -OCH3 is 1. The molecule has 0 unspecified atom stereocenters. The summed E-state index contributed by atoms with van der Waals surface area (Å²) in [5.41, 5.74) is 1.05. The van der Waals surface area contributed by atoms with Gasteiger partial charge < -0.3 is 9.84 Å². The minimum Gasteiger partial charge on any atom is -0.495 e. The van der Waals surface area contributed by atoms with E-state index in [0.29, 0.717) is 21.3 Å². The summed E-state index contributed by atoms with van der Waals surface area (Å²) in [7, 11) is -2.29. The number of halogens is 1. The third-order valence-electron chi connectivity index (χ3n) is 2.78. The van der Waals surface area contributed by atoms with Gasteiger partial charge in [-0.15, -0.1) is 11.3 Å². The van der Waals surface area contributed by atoms with Crippen LogP contribution in [0.25, 0.3) is 0 Å². The molecule has 1 heterocycles. The van der Waals surface area contributed by atoms with E-state index in [9.17, 15) is 8.42 Å². The first-order valence-electron chi connectivity index (χ1n) is 5.94. The van der Waals surface area contributed by atoms with Crippen molar-refractivity contribution in [1.82, 2.24) is 0 Å². The first-order valence-corrected chi connectivity index (χ1v) is 8.61. The van der Waals surface area contributed by atoms with Gasteiger partial charge in [0.25, 0.3) is 10.0 Å². The molecule has 1 aromatic heterocycles. The number of rotatable bonds is 5. The molecule has 2 N–H and O–H groups in total. The fraction of sp³-hybridized carbons (Fsp3) is 0.231. The first-order chi connectivity index (χ1) is 9.87. The standard InChI is InChI=1S/C13H14ClNO4S2/c1-8-5-11(12(19-2)6-10(8)14)15-21(17,18)13-4-3-9(7-16)20-13/h3-6,15-16H,7H2,1-2H3. The summed E-state index contributed by atoms with van der Waals surface area (Å²) in [6.07, 6.45) is 0. The molecule has 8 heteroatoms. The van der Waals surface area contributed by atoms with Gasteiger partial charge in [0.2, 0.25) is 0 Å². The largest absolute Gasteiger partial charge is 0.495 e. The molecule has 0 aliphatic heterocycles. The van der Waals surface area contributed by atoms with Crippen molar-refractivity contribution < 1.29 is 18.3 Å². The second-order valence-electron chi connectivity index (χ2n) is 4.29. The number of nitrogens with one attached hydrogen (secondary N) is 1. The third kappa shape index (κ3) is 3.49. The molecule has 0 spiro atoms. The monoisotopic (exact) mass is 347 g/mol. The smallest absolute Gasteiger partial charge is 0.271 e. The molecule has 5 nitrogen and oxygen atoms in total. The van der Waals surface area contributed by atoms with Gasteiger partial charge in [0.1, 0.15) is 9.96 Å². The van der Waals surface area contributed by atoms with Crippen molar-refractivity contribution in [2.45, 2.75) is 17.7 Å². The highest BCUT2D eigenvalue weighted by Gasteiger charge is 2.19. The van der Waals surface area contributed by atoms with Gasteiger partial charge in [0.05, 0.1) is 19.4 Å².